The van der Waals surface area contributed by atoms with Gasteiger partial charge in [0, 0.05) is 24.4 Å². The second-order valence-corrected chi connectivity index (χ2v) is 6.31. The van der Waals surface area contributed by atoms with Crippen molar-refractivity contribution in [3.63, 3.8) is 0 Å². The first kappa shape index (κ1) is 15.2. The molecule has 0 bridgehead atoms. The average molecular weight is 323 g/mol. The summed E-state index contributed by atoms with van der Waals surface area (Å²) in [6, 6.07) is 15.5. The topological polar surface area (TPSA) is 38.8 Å². The lowest BCUT2D eigenvalue weighted by atomic mass is 10.1. The number of hydrogen-bond donors (Lipinski definition) is 0. The quantitative estimate of drug-likeness (QED) is 0.865. The lowest BCUT2D eigenvalue weighted by Gasteiger charge is -2.18. The molecule has 0 aliphatic carbocycles. The molecule has 2 aromatic rings. The van der Waals surface area contributed by atoms with Crippen LogP contribution in [0.2, 0.25) is 0 Å². The summed E-state index contributed by atoms with van der Waals surface area (Å²) in [4.78, 5) is 14.7. The molecule has 2 heterocycles. The average Bonchev–Trinajstić information content (AvgIpc) is 3.29. The van der Waals surface area contributed by atoms with Gasteiger partial charge in [-0.2, -0.15) is 0 Å². The first-order valence-electron chi connectivity index (χ1n) is 8.55. The summed E-state index contributed by atoms with van der Waals surface area (Å²) in [6.07, 6.45) is 3.23. The molecule has 124 valence electrons. The molecule has 1 amide bonds. The summed E-state index contributed by atoms with van der Waals surface area (Å²) >= 11 is 0. The zero-order chi connectivity index (χ0) is 16.4. The van der Waals surface area contributed by atoms with Crippen LogP contribution in [0, 0.1) is 0 Å². The first-order chi connectivity index (χ1) is 11.8. The fraction of sp³-hybridized carbons (Fsp3) is 0.350. The molecular formula is C20H21NO3. The van der Waals surface area contributed by atoms with Gasteiger partial charge in [-0.05, 0) is 49.1 Å². The highest BCUT2D eigenvalue weighted by Crippen LogP contribution is 2.29. The summed E-state index contributed by atoms with van der Waals surface area (Å²) in [5, 5.41) is 0. The fourth-order valence-electron chi connectivity index (χ4n) is 3.39. The second-order valence-electron chi connectivity index (χ2n) is 6.31. The Kier molecular flexibility index (Phi) is 4.22. The van der Waals surface area contributed by atoms with Gasteiger partial charge in [-0.1, -0.05) is 24.3 Å². The highest BCUT2D eigenvalue weighted by molar-refractivity contribution is 6.07. The molecule has 0 saturated carbocycles. The largest absolute Gasteiger partial charge is 0.491 e. The van der Waals surface area contributed by atoms with Gasteiger partial charge < -0.3 is 14.4 Å². The molecule has 4 rings (SSSR count). The van der Waals surface area contributed by atoms with E-state index in [0.29, 0.717) is 12.2 Å². The lowest BCUT2D eigenvalue weighted by Crippen LogP contribution is -2.28. The maximum absolute atomic E-state index is 12.9. The number of rotatable bonds is 4. The summed E-state index contributed by atoms with van der Waals surface area (Å²) in [6.45, 7) is 2.10. The van der Waals surface area contributed by atoms with Crippen molar-refractivity contribution < 1.29 is 14.3 Å². The molecule has 4 heteroatoms. The van der Waals surface area contributed by atoms with Crippen LogP contribution in [0.5, 0.6) is 5.75 Å². The zero-order valence-electron chi connectivity index (χ0n) is 13.6. The molecule has 0 N–H and O–H groups in total. The van der Waals surface area contributed by atoms with Gasteiger partial charge in [-0.25, -0.2) is 0 Å². The summed E-state index contributed by atoms with van der Waals surface area (Å²) < 4.78 is 11.4. The van der Waals surface area contributed by atoms with Crippen molar-refractivity contribution >= 4 is 11.6 Å². The highest BCUT2D eigenvalue weighted by Gasteiger charge is 2.25. The Bertz CT molecular complexity index is 737. The van der Waals surface area contributed by atoms with E-state index in [1.807, 2.05) is 47.4 Å². The van der Waals surface area contributed by atoms with Crippen molar-refractivity contribution in [2.24, 2.45) is 0 Å². The summed E-state index contributed by atoms with van der Waals surface area (Å²) in [5.74, 6) is 0.756. The number of fused-ring (bicyclic) bond motifs is 1. The predicted octanol–water partition coefficient (Wildman–Crippen LogP) is 3.45. The smallest absolute Gasteiger partial charge is 0.258 e. The Labute approximate surface area is 142 Å². The molecule has 2 aliphatic heterocycles. The van der Waals surface area contributed by atoms with Gasteiger partial charge in [-0.15, -0.1) is 0 Å². The summed E-state index contributed by atoms with van der Waals surface area (Å²) in [5.41, 5.74) is 2.92. The number of hydrogen-bond acceptors (Lipinski definition) is 3. The third kappa shape index (κ3) is 3.02. The molecule has 2 aromatic carbocycles. The molecule has 0 radical (unpaired) electrons. The van der Waals surface area contributed by atoms with Crippen LogP contribution in [0.25, 0.3) is 0 Å². The fourth-order valence-corrected chi connectivity index (χ4v) is 3.39. The van der Waals surface area contributed by atoms with Crippen LogP contribution in [0.1, 0.15) is 28.8 Å². The van der Waals surface area contributed by atoms with E-state index >= 15 is 0 Å². The number of para-hydroxylation sites is 1. The van der Waals surface area contributed by atoms with Crippen molar-refractivity contribution in [1.29, 1.82) is 0 Å². The Balaban J connectivity index is 1.48. The number of carbonyl (C=O) groups excluding carboxylic acids is 1. The number of benzene rings is 2. The third-order valence-electron chi connectivity index (χ3n) is 4.67. The van der Waals surface area contributed by atoms with E-state index in [0.717, 1.165) is 43.9 Å². The van der Waals surface area contributed by atoms with E-state index in [4.69, 9.17) is 9.47 Å². The Hall–Kier alpha value is -2.33. The van der Waals surface area contributed by atoms with Gasteiger partial charge in [0.1, 0.15) is 12.4 Å². The number of ether oxygens (including phenoxy) is 2. The van der Waals surface area contributed by atoms with Crippen LogP contribution in [0.4, 0.5) is 5.69 Å². The number of anilines is 1. The van der Waals surface area contributed by atoms with Gasteiger partial charge in [0.25, 0.3) is 5.91 Å². The van der Waals surface area contributed by atoms with Gasteiger partial charge in [0.05, 0.1) is 6.10 Å². The van der Waals surface area contributed by atoms with Crippen LogP contribution >= 0.6 is 0 Å². The molecule has 2 aliphatic rings. The standard InChI is InChI=1S/C20H21NO3/c22-20(21-11-10-15-5-1-2-9-19(15)21)16-6-3-7-17(13-16)24-14-18-8-4-12-23-18/h1-3,5-7,9,13,18H,4,8,10-12,14H2. The maximum Gasteiger partial charge on any atom is 0.258 e. The molecule has 1 fully saturated rings. The van der Waals surface area contributed by atoms with Gasteiger partial charge >= 0.3 is 0 Å². The van der Waals surface area contributed by atoms with Crippen LogP contribution in [-0.2, 0) is 11.2 Å². The highest BCUT2D eigenvalue weighted by atomic mass is 16.5. The Morgan fingerprint density at radius 2 is 2.12 bits per heavy atom. The van der Waals surface area contributed by atoms with Crippen molar-refractivity contribution in [3.8, 4) is 5.75 Å². The van der Waals surface area contributed by atoms with Gasteiger partial charge in [0.2, 0.25) is 0 Å². The van der Waals surface area contributed by atoms with Crippen molar-refractivity contribution in [1.82, 2.24) is 0 Å². The lowest BCUT2D eigenvalue weighted by molar-refractivity contribution is 0.0679. The zero-order valence-corrected chi connectivity index (χ0v) is 13.6. The molecule has 0 spiro atoms. The predicted molar refractivity (Wildman–Crippen MR) is 92.7 cm³/mol. The van der Waals surface area contributed by atoms with E-state index in [1.165, 1.54) is 5.56 Å². The number of nitrogens with zero attached hydrogens (tertiary/aromatic N) is 1. The minimum Gasteiger partial charge on any atom is -0.491 e. The van der Waals surface area contributed by atoms with Gasteiger partial charge in [-0.3, -0.25) is 4.79 Å². The first-order valence-corrected chi connectivity index (χ1v) is 8.55. The van der Waals surface area contributed by atoms with E-state index < -0.39 is 0 Å². The number of carbonyl (C=O) groups is 1. The van der Waals surface area contributed by atoms with E-state index in [-0.39, 0.29) is 12.0 Å². The van der Waals surface area contributed by atoms with Gasteiger partial charge in [0.15, 0.2) is 0 Å². The van der Waals surface area contributed by atoms with Crippen molar-refractivity contribution in [2.75, 3.05) is 24.7 Å². The van der Waals surface area contributed by atoms with Crippen molar-refractivity contribution in [3.05, 3.63) is 59.7 Å². The van der Waals surface area contributed by atoms with E-state index in [9.17, 15) is 4.79 Å². The minimum atomic E-state index is 0.0301. The van der Waals surface area contributed by atoms with E-state index in [1.54, 1.807) is 0 Å². The Morgan fingerprint density at radius 1 is 1.21 bits per heavy atom. The van der Waals surface area contributed by atoms with Crippen LogP contribution in [-0.4, -0.2) is 31.8 Å². The normalized spacial score (nSPS) is 19.3. The van der Waals surface area contributed by atoms with Crippen LogP contribution in [0.15, 0.2) is 48.5 Å². The molecule has 24 heavy (non-hydrogen) atoms. The second kappa shape index (κ2) is 6.65. The SMILES string of the molecule is O=C(c1cccc(OCC2CCCO2)c1)N1CCc2ccccc21. The monoisotopic (exact) mass is 323 g/mol. The van der Waals surface area contributed by atoms with E-state index in [2.05, 4.69) is 6.07 Å². The molecular weight excluding hydrogens is 302 g/mol. The minimum absolute atomic E-state index is 0.0301. The molecule has 1 unspecified atom stereocenters. The van der Waals surface area contributed by atoms with Crippen LogP contribution < -0.4 is 9.64 Å². The molecule has 0 aromatic heterocycles. The molecule has 1 atom stereocenters. The van der Waals surface area contributed by atoms with Crippen LogP contribution in [0.3, 0.4) is 0 Å². The maximum atomic E-state index is 12.9. The van der Waals surface area contributed by atoms with Crippen molar-refractivity contribution in [2.45, 2.75) is 25.4 Å². The number of amides is 1. The third-order valence-corrected chi connectivity index (χ3v) is 4.67. The molecule has 4 nitrogen and oxygen atoms in total. The molecule has 1 saturated heterocycles. The Morgan fingerprint density at radius 3 is 3.00 bits per heavy atom. The summed E-state index contributed by atoms with van der Waals surface area (Å²) in [7, 11) is 0.